The predicted octanol–water partition coefficient (Wildman–Crippen LogP) is 15.6. The van der Waals surface area contributed by atoms with Crippen molar-refractivity contribution in [2.75, 3.05) is 0 Å². The van der Waals surface area contributed by atoms with Crippen LogP contribution >= 0.6 is 0 Å². The molecule has 0 atom stereocenters. The molecule has 56 heavy (non-hydrogen) atoms. The maximum absolute atomic E-state index is 6.53. The van der Waals surface area contributed by atoms with Crippen LogP contribution in [0.5, 0.6) is 0 Å². The summed E-state index contributed by atoms with van der Waals surface area (Å²) in [5, 5.41) is 12.0. The molecule has 2 heterocycles. The second kappa shape index (κ2) is 12.0. The molecule has 0 amide bonds. The van der Waals surface area contributed by atoms with E-state index in [0.717, 1.165) is 55.0 Å². The first kappa shape index (κ1) is 31.0. The highest BCUT2D eigenvalue weighted by Crippen LogP contribution is 2.42. The van der Waals surface area contributed by atoms with E-state index in [1.54, 1.807) is 0 Å². The Balaban J connectivity index is 0.919. The Morgan fingerprint density at radius 3 is 1.04 bits per heavy atom. The van der Waals surface area contributed by atoms with E-state index in [2.05, 4.69) is 188 Å². The Morgan fingerprint density at radius 1 is 0.196 bits per heavy atom. The molecule has 2 nitrogen and oxygen atoms in total. The lowest BCUT2D eigenvalue weighted by Crippen LogP contribution is -1.86. The number of hydrogen-bond acceptors (Lipinski definition) is 2. The van der Waals surface area contributed by atoms with E-state index in [1.807, 2.05) is 6.07 Å². The normalized spacial score (nSPS) is 11.9. The van der Waals surface area contributed by atoms with E-state index in [0.29, 0.717) is 0 Å². The molecule has 10 aromatic carbocycles. The van der Waals surface area contributed by atoms with E-state index in [9.17, 15) is 0 Å². The van der Waals surface area contributed by atoms with Crippen LogP contribution in [0.25, 0.3) is 121 Å². The summed E-state index contributed by atoms with van der Waals surface area (Å²) in [7, 11) is 0. The van der Waals surface area contributed by atoms with E-state index in [1.165, 1.54) is 65.7 Å². The molecule has 12 rings (SSSR count). The average molecular weight is 713 g/mol. The van der Waals surface area contributed by atoms with Crippen LogP contribution in [-0.4, -0.2) is 0 Å². The zero-order valence-electron chi connectivity index (χ0n) is 30.3. The van der Waals surface area contributed by atoms with Crippen molar-refractivity contribution in [1.82, 2.24) is 0 Å². The summed E-state index contributed by atoms with van der Waals surface area (Å²) in [6.07, 6.45) is 0. The van der Waals surface area contributed by atoms with Crippen LogP contribution < -0.4 is 0 Å². The molecule has 2 aromatic heterocycles. The van der Waals surface area contributed by atoms with Gasteiger partial charge in [-0.05, 0) is 131 Å². The van der Waals surface area contributed by atoms with Crippen LogP contribution in [0.3, 0.4) is 0 Å². The molecule has 260 valence electrons. The lowest BCUT2D eigenvalue weighted by Gasteiger charge is -2.13. The summed E-state index contributed by atoms with van der Waals surface area (Å²) < 4.78 is 13.0. The number of rotatable bonds is 4. The Hall–Kier alpha value is -7.42. The summed E-state index contributed by atoms with van der Waals surface area (Å²) >= 11 is 0. The van der Waals surface area contributed by atoms with Crippen LogP contribution in [0.1, 0.15) is 0 Å². The van der Waals surface area contributed by atoms with Crippen molar-refractivity contribution in [3.63, 3.8) is 0 Å². The number of furan rings is 2. The molecule has 0 saturated heterocycles. The molecule has 0 aliphatic heterocycles. The van der Waals surface area contributed by atoms with Crippen LogP contribution in [0, 0.1) is 0 Å². The molecule has 0 saturated carbocycles. The quantitative estimate of drug-likeness (QED) is 0.170. The third kappa shape index (κ3) is 4.76. The van der Waals surface area contributed by atoms with Crippen LogP contribution in [0.15, 0.2) is 203 Å². The van der Waals surface area contributed by atoms with Crippen molar-refractivity contribution in [3.05, 3.63) is 194 Å². The fraction of sp³-hybridized carbons (Fsp3) is 0. The topological polar surface area (TPSA) is 26.3 Å². The summed E-state index contributed by atoms with van der Waals surface area (Å²) in [6, 6.07) is 69.9. The van der Waals surface area contributed by atoms with Gasteiger partial charge in [0.25, 0.3) is 0 Å². The van der Waals surface area contributed by atoms with Gasteiger partial charge in [-0.3, -0.25) is 0 Å². The highest BCUT2D eigenvalue weighted by Gasteiger charge is 2.18. The van der Waals surface area contributed by atoms with Crippen molar-refractivity contribution in [1.29, 1.82) is 0 Å². The number of hydrogen-bond donors (Lipinski definition) is 0. The van der Waals surface area contributed by atoms with Crippen LogP contribution in [-0.2, 0) is 0 Å². The van der Waals surface area contributed by atoms with Gasteiger partial charge in [0, 0.05) is 21.5 Å². The van der Waals surface area contributed by atoms with Gasteiger partial charge < -0.3 is 8.83 Å². The van der Waals surface area contributed by atoms with Gasteiger partial charge in [-0.2, -0.15) is 0 Å². The zero-order valence-corrected chi connectivity index (χ0v) is 30.3. The number of fused-ring (bicyclic) bond motifs is 13. The van der Waals surface area contributed by atoms with E-state index in [4.69, 9.17) is 8.83 Å². The lowest BCUT2D eigenvalue weighted by atomic mass is 9.91. The van der Waals surface area contributed by atoms with Gasteiger partial charge in [0.05, 0.1) is 0 Å². The fourth-order valence-corrected chi connectivity index (χ4v) is 8.90. The summed E-state index contributed by atoms with van der Waals surface area (Å²) in [5.74, 6) is 0. The molecule has 2 heteroatoms. The molecule has 0 bridgehead atoms. The predicted molar refractivity (Wildman–Crippen MR) is 235 cm³/mol. The van der Waals surface area contributed by atoms with E-state index in [-0.39, 0.29) is 0 Å². The van der Waals surface area contributed by atoms with Gasteiger partial charge >= 0.3 is 0 Å². The Morgan fingerprint density at radius 2 is 0.536 bits per heavy atom. The maximum Gasteiger partial charge on any atom is 0.178 e. The molecule has 12 aromatic rings. The number of benzene rings is 10. The van der Waals surface area contributed by atoms with Gasteiger partial charge in [0.1, 0.15) is 11.2 Å². The molecule has 0 spiro atoms. The van der Waals surface area contributed by atoms with E-state index < -0.39 is 0 Å². The molecular formula is C54H32O2. The first-order valence-electron chi connectivity index (χ1n) is 19.1. The Bertz CT molecular complexity index is 3490. The molecular weight excluding hydrogens is 681 g/mol. The van der Waals surface area contributed by atoms with Crippen molar-refractivity contribution in [2.45, 2.75) is 0 Å². The summed E-state index contributed by atoms with van der Waals surface area (Å²) in [5.41, 5.74) is 12.7. The Kier molecular flexibility index (Phi) is 6.66. The van der Waals surface area contributed by atoms with Gasteiger partial charge in [-0.1, -0.05) is 140 Å². The first-order valence-corrected chi connectivity index (χ1v) is 19.1. The first-order chi connectivity index (χ1) is 27.7. The van der Waals surface area contributed by atoms with Gasteiger partial charge in [-0.15, -0.1) is 0 Å². The van der Waals surface area contributed by atoms with Gasteiger partial charge in [0.15, 0.2) is 11.2 Å². The molecule has 0 aliphatic carbocycles. The smallest absolute Gasteiger partial charge is 0.178 e. The zero-order chi connectivity index (χ0) is 36.7. The SMILES string of the molecule is c1ccc(-c2ccc3oc4c(ccc5c6cc(-c7cccc(-c8cccc(-c9ccc%10c%11ccccc%11c%11ccccc%11c%10c9)c8)c7)ccc6oc54)c3c2)cc1. The highest BCUT2D eigenvalue weighted by molar-refractivity contribution is 6.26. The van der Waals surface area contributed by atoms with Crippen molar-refractivity contribution in [3.8, 4) is 44.5 Å². The standard InChI is InChI=1S/C54H32O2/c1-2-10-33(11-3-1)38-21-26-51-49(31-38)46-24-25-47-50-32-40(22-27-52(50)56-54(47)53(46)55-51)37-15-9-13-35(29-37)34-12-8-14-36(28-34)39-20-23-45-43-18-5-4-16-41(43)42-17-6-7-19-44(42)48(45)30-39/h1-32H. The minimum Gasteiger partial charge on any atom is -0.452 e. The summed E-state index contributed by atoms with van der Waals surface area (Å²) in [4.78, 5) is 0. The molecule has 0 radical (unpaired) electrons. The van der Waals surface area contributed by atoms with Crippen molar-refractivity contribution >= 4 is 76.2 Å². The third-order valence-corrected chi connectivity index (χ3v) is 11.7. The summed E-state index contributed by atoms with van der Waals surface area (Å²) in [6.45, 7) is 0. The Labute approximate surface area is 322 Å². The fourth-order valence-electron chi connectivity index (χ4n) is 8.90. The second-order valence-electron chi connectivity index (χ2n) is 14.8. The molecule has 0 aliphatic rings. The largest absolute Gasteiger partial charge is 0.452 e. The van der Waals surface area contributed by atoms with Gasteiger partial charge in [-0.25, -0.2) is 0 Å². The third-order valence-electron chi connectivity index (χ3n) is 11.7. The second-order valence-corrected chi connectivity index (χ2v) is 14.8. The lowest BCUT2D eigenvalue weighted by molar-refractivity contribution is 0.633. The minimum atomic E-state index is 0.785. The van der Waals surface area contributed by atoms with Crippen LogP contribution in [0.4, 0.5) is 0 Å². The minimum absolute atomic E-state index is 0.785. The average Bonchev–Trinajstić information content (AvgIpc) is 3.85. The molecule has 0 unspecified atom stereocenters. The maximum atomic E-state index is 6.53. The van der Waals surface area contributed by atoms with Crippen molar-refractivity contribution in [2.24, 2.45) is 0 Å². The molecule has 0 N–H and O–H groups in total. The van der Waals surface area contributed by atoms with Gasteiger partial charge in [0.2, 0.25) is 0 Å². The monoisotopic (exact) mass is 712 g/mol. The highest BCUT2D eigenvalue weighted by atomic mass is 16.4. The van der Waals surface area contributed by atoms with E-state index >= 15 is 0 Å². The molecule has 0 fully saturated rings. The van der Waals surface area contributed by atoms with Crippen molar-refractivity contribution < 1.29 is 8.83 Å². The van der Waals surface area contributed by atoms with Crippen LogP contribution in [0.2, 0.25) is 0 Å².